The van der Waals surface area contributed by atoms with Crippen LogP contribution in [0.5, 0.6) is 0 Å². The van der Waals surface area contributed by atoms with Crippen LogP contribution < -0.4 is 5.32 Å². The molecule has 4 rings (SSSR count). The summed E-state index contributed by atoms with van der Waals surface area (Å²) in [4.78, 5) is 17.9. The number of rotatable bonds is 10. The van der Waals surface area contributed by atoms with Crippen molar-refractivity contribution in [1.29, 1.82) is 0 Å². The van der Waals surface area contributed by atoms with Crippen LogP contribution in [0.3, 0.4) is 0 Å². The predicted molar refractivity (Wildman–Crippen MR) is 146 cm³/mol. The molecule has 0 saturated carbocycles. The van der Waals surface area contributed by atoms with E-state index in [4.69, 9.17) is 9.47 Å². The number of anilines is 1. The zero-order valence-electron chi connectivity index (χ0n) is 22.7. The van der Waals surface area contributed by atoms with E-state index in [2.05, 4.69) is 28.6 Å². The van der Waals surface area contributed by atoms with E-state index in [1.54, 1.807) is 20.3 Å². The molecule has 37 heavy (non-hydrogen) atoms. The number of ether oxygens (including phenoxy) is 2. The maximum absolute atomic E-state index is 13.7. The number of hydrogen-bond donors (Lipinski definition) is 1. The molecule has 8 heteroatoms. The largest absolute Gasteiger partial charge is 0.383 e. The Hall–Kier alpha value is -2.94. The minimum absolute atomic E-state index is 0.0519. The highest BCUT2D eigenvalue weighted by Crippen LogP contribution is 2.33. The van der Waals surface area contributed by atoms with Crippen molar-refractivity contribution < 1.29 is 18.7 Å². The van der Waals surface area contributed by atoms with Crippen LogP contribution in [0.15, 0.2) is 30.3 Å². The van der Waals surface area contributed by atoms with Crippen LogP contribution in [0.2, 0.25) is 0 Å². The summed E-state index contributed by atoms with van der Waals surface area (Å²) in [6, 6.07) is 8.86. The molecule has 1 amide bonds. The van der Waals surface area contributed by atoms with Crippen molar-refractivity contribution in [2.45, 2.75) is 33.9 Å². The molecule has 0 atom stereocenters. The molecule has 0 unspecified atom stereocenters. The lowest BCUT2D eigenvalue weighted by atomic mass is 10.0. The molecule has 7 nitrogen and oxygen atoms in total. The van der Waals surface area contributed by atoms with Gasteiger partial charge in [-0.15, -0.1) is 0 Å². The van der Waals surface area contributed by atoms with Gasteiger partial charge < -0.3 is 24.3 Å². The van der Waals surface area contributed by atoms with Crippen molar-refractivity contribution in [3.8, 4) is 0 Å². The van der Waals surface area contributed by atoms with Crippen molar-refractivity contribution in [3.63, 3.8) is 0 Å². The Bertz CT molecular complexity index is 1250. The third-order valence-corrected chi connectivity index (χ3v) is 7.54. The number of carbonyl (C=O) groups excluding carboxylic acids is 1. The van der Waals surface area contributed by atoms with E-state index in [1.807, 2.05) is 30.0 Å². The normalized spacial score (nSPS) is 14.5. The van der Waals surface area contributed by atoms with E-state index < -0.39 is 0 Å². The molecule has 2 heterocycles. The fourth-order valence-electron chi connectivity index (χ4n) is 5.12. The van der Waals surface area contributed by atoms with Crippen molar-refractivity contribution in [3.05, 3.63) is 64.1 Å². The number of nitrogens with one attached hydrogen (secondary N) is 1. The lowest BCUT2D eigenvalue weighted by molar-refractivity contribution is 0.0594. The zero-order chi connectivity index (χ0) is 26.5. The SMILES string of the molecule is COCCN1CCN(C(=O)c2cc(NCc3ccc(F)cc3C)c3c(c2)c(C)c(C)n3CCOC)CC1. The zero-order valence-corrected chi connectivity index (χ0v) is 22.7. The smallest absolute Gasteiger partial charge is 0.254 e. The highest BCUT2D eigenvalue weighted by molar-refractivity contribution is 6.04. The first kappa shape index (κ1) is 27.1. The van der Waals surface area contributed by atoms with E-state index in [1.165, 1.54) is 6.07 Å². The molecule has 0 bridgehead atoms. The average molecular weight is 511 g/mol. The standard InChI is InChI=1S/C29H39FN4O3/c1-20-16-25(30)7-6-23(20)19-31-27-18-24(29(35)33-10-8-32(9-11-33)12-14-36-4)17-26-21(2)22(3)34(28(26)27)13-15-37-5/h6-7,16-18,31H,8-15,19H2,1-5H3. The van der Waals surface area contributed by atoms with Crippen LogP contribution in [0.1, 0.15) is 32.7 Å². The van der Waals surface area contributed by atoms with Gasteiger partial charge >= 0.3 is 0 Å². The summed E-state index contributed by atoms with van der Waals surface area (Å²) in [5, 5.41) is 4.64. The molecule has 2 aromatic carbocycles. The van der Waals surface area contributed by atoms with Crippen molar-refractivity contribution in [2.75, 3.05) is 65.5 Å². The number of carbonyl (C=O) groups is 1. The van der Waals surface area contributed by atoms with E-state index >= 15 is 0 Å². The van der Waals surface area contributed by atoms with Gasteiger partial charge in [0.25, 0.3) is 5.91 Å². The van der Waals surface area contributed by atoms with Gasteiger partial charge in [-0.25, -0.2) is 4.39 Å². The van der Waals surface area contributed by atoms with E-state index in [0.29, 0.717) is 45.0 Å². The number of halogens is 1. The van der Waals surface area contributed by atoms with E-state index in [0.717, 1.165) is 58.6 Å². The predicted octanol–water partition coefficient (Wildman–Crippen LogP) is 4.37. The molecule has 1 saturated heterocycles. The number of aryl methyl sites for hydroxylation is 2. The second-order valence-electron chi connectivity index (χ2n) is 9.83. The van der Waals surface area contributed by atoms with Gasteiger partial charge in [0.15, 0.2) is 0 Å². The van der Waals surface area contributed by atoms with Gasteiger partial charge in [0, 0.05) is 76.7 Å². The summed E-state index contributed by atoms with van der Waals surface area (Å²) < 4.78 is 26.5. The second kappa shape index (κ2) is 12.1. The summed E-state index contributed by atoms with van der Waals surface area (Å²) in [6.45, 7) is 12.6. The molecule has 1 N–H and O–H groups in total. The third kappa shape index (κ3) is 5.98. The molecular weight excluding hydrogens is 471 g/mol. The number of benzene rings is 2. The summed E-state index contributed by atoms with van der Waals surface area (Å²) in [6.07, 6.45) is 0. The Morgan fingerprint density at radius 1 is 0.973 bits per heavy atom. The number of aromatic nitrogens is 1. The minimum atomic E-state index is -0.238. The highest BCUT2D eigenvalue weighted by Gasteiger charge is 2.24. The molecule has 1 aromatic heterocycles. The topological polar surface area (TPSA) is 59.0 Å². The molecular formula is C29H39FN4O3. The molecule has 0 radical (unpaired) electrons. The quantitative estimate of drug-likeness (QED) is 0.439. The molecule has 1 aliphatic rings. The van der Waals surface area contributed by atoms with Crippen LogP contribution in [-0.2, 0) is 22.6 Å². The van der Waals surface area contributed by atoms with Crippen LogP contribution in [0, 0.1) is 26.6 Å². The van der Waals surface area contributed by atoms with Crippen LogP contribution in [0.25, 0.3) is 10.9 Å². The maximum atomic E-state index is 13.7. The number of amides is 1. The Labute approximate surface area is 219 Å². The van der Waals surface area contributed by atoms with Gasteiger partial charge in [0.2, 0.25) is 0 Å². The Kier molecular flexibility index (Phi) is 8.84. The van der Waals surface area contributed by atoms with Crippen molar-refractivity contribution in [1.82, 2.24) is 14.4 Å². The van der Waals surface area contributed by atoms with Gasteiger partial charge in [0.1, 0.15) is 5.82 Å². The minimum Gasteiger partial charge on any atom is -0.383 e. The number of fused-ring (bicyclic) bond motifs is 1. The molecule has 200 valence electrons. The van der Waals surface area contributed by atoms with E-state index in [-0.39, 0.29) is 11.7 Å². The van der Waals surface area contributed by atoms with Gasteiger partial charge in [0.05, 0.1) is 24.4 Å². The van der Waals surface area contributed by atoms with Crippen LogP contribution in [-0.4, -0.2) is 80.4 Å². The van der Waals surface area contributed by atoms with Crippen molar-refractivity contribution in [2.24, 2.45) is 0 Å². The number of methoxy groups -OCH3 is 2. The fraction of sp³-hybridized carbons (Fsp3) is 0.483. The first-order valence-electron chi connectivity index (χ1n) is 13.0. The summed E-state index contributed by atoms with van der Waals surface area (Å²) >= 11 is 0. The maximum Gasteiger partial charge on any atom is 0.254 e. The monoisotopic (exact) mass is 510 g/mol. The number of piperazine rings is 1. The lowest BCUT2D eigenvalue weighted by Gasteiger charge is -2.34. The Balaban J connectivity index is 1.67. The third-order valence-electron chi connectivity index (χ3n) is 7.54. The number of nitrogens with zero attached hydrogens (tertiary/aromatic N) is 3. The second-order valence-corrected chi connectivity index (χ2v) is 9.83. The summed E-state index contributed by atoms with van der Waals surface area (Å²) in [5.41, 5.74) is 6.87. The molecule has 0 aliphatic carbocycles. The Morgan fingerprint density at radius 3 is 2.35 bits per heavy atom. The first-order chi connectivity index (χ1) is 17.8. The average Bonchev–Trinajstić information content (AvgIpc) is 3.14. The molecule has 1 aliphatic heterocycles. The highest BCUT2D eigenvalue weighted by atomic mass is 19.1. The molecule has 1 fully saturated rings. The lowest BCUT2D eigenvalue weighted by Crippen LogP contribution is -2.49. The summed E-state index contributed by atoms with van der Waals surface area (Å²) in [7, 11) is 3.42. The molecule has 0 spiro atoms. The summed E-state index contributed by atoms with van der Waals surface area (Å²) in [5.74, 6) is -0.186. The molecule has 3 aromatic rings. The first-order valence-corrected chi connectivity index (χ1v) is 13.0. The number of hydrogen-bond acceptors (Lipinski definition) is 5. The van der Waals surface area contributed by atoms with Crippen molar-refractivity contribution >= 4 is 22.5 Å². The van der Waals surface area contributed by atoms with Gasteiger partial charge in [-0.05, 0) is 61.7 Å². The van der Waals surface area contributed by atoms with Gasteiger partial charge in [-0.3, -0.25) is 9.69 Å². The van der Waals surface area contributed by atoms with Gasteiger partial charge in [-0.1, -0.05) is 6.07 Å². The van der Waals surface area contributed by atoms with Gasteiger partial charge in [-0.2, -0.15) is 0 Å². The van der Waals surface area contributed by atoms with E-state index in [9.17, 15) is 9.18 Å². The fourth-order valence-corrected chi connectivity index (χ4v) is 5.12. The van der Waals surface area contributed by atoms with Crippen LogP contribution >= 0.6 is 0 Å². The van der Waals surface area contributed by atoms with Crippen LogP contribution in [0.4, 0.5) is 10.1 Å². The Morgan fingerprint density at radius 2 is 1.68 bits per heavy atom.